The van der Waals surface area contributed by atoms with Gasteiger partial charge in [0.05, 0.1) is 17.2 Å². The molecule has 162 valence electrons. The second-order valence-corrected chi connectivity index (χ2v) is 8.15. The molecule has 2 amide bonds. The zero-order valence-corrected chi connectivity index (χ0v) is 17.5. The number of aliphatic hydroxyl groups is 1. The number of aromatic nitrogens is 1. The lowest BCUT2D eigenvalue weighted by atomic mass is 9.94. The standard InChI is InChI=1S/C25H22FN3O3/c1-14-19(25(32)29-10-9-15(30)13-29)12-27-22(14)11-18-23-17(16-5-2-3-7-20(16)26)6-4-8-21(23)28-24(18)31/h2-8,11-12,15,27,30H,9-10,13H2,1H3,(H,28,31)/b18-11-/t15-/m1/s1. The molecule has 3 aromatic rings. The predicted octanol–water partition coefficient (Wildman–Crippen LogP) is 3.83. The van der Waals surface area contributed by atoms with E-state index >= 15 is 0 Å². The van der Waals surface area contributed by atoms with Gasteiger partial charge in [-0.05, 0) is 42.7 Å². The van der Waals surface area contributed by atoms with E-state index in [2.05, 4.69) is 10.3 Å². The number of rotatable bonds is 3. The van der Waals surface area contributed by atoms with Gasteiger partial charge in [-0.3, -0.25) is 9.59 Å². The van der Waals surface area contributed by atoms with Crippen molar-refractivity contribution < 1.29 is 19.1 Å². The minimum atomic E-state index is -0.490. The fraction of sp³-hybridized carbons (Fsp3) is 0.200. The molecular weight excluding hydrogens is 409 g/mol. The van der Waals surface area contributed by atoms with Crippen LogP contribution in [0.4, 0.5) is 10.1 Å². The SMILES string of the molecule is Cc1c(C(=O)N2CC[C@@H](O)C2)c[nH]c1/C=C1\C(=O)Nc2cccc(-c3ccccc3F)c21. The quantitative estimate of drug-likeness (QED) is 0.551. The summed E-state index contributed by atoms with van der Waals surface area (Å²) < 4.78 is 14.5. The molecule has 0 spiro atoms. The zero-order valence-electron chi connectivity index (χ0n) is 17.5. The van der Waals surface area contributed by atoms with Crippen molar-refractivity contribution in [1.29, 1.82) is 0 Å². The molecule has 0 unspecified atom stereocenters. The summed E-state index contributed by atoms with van der Waals surface area (Å²) in [6.07, 6.45) is 3.42. The number of nitrogens with zero attached hydrogens (tertiary/aromatic N) is 1. The van der Waals surface area contributed by atoms with Crippen LogP contribution in [-0.4, -0.2) is 46.0 Å². The summed E-state index contributed by atoms with van der Waals surface area (Å²) in [6.45, 7) is 2.66. The second kappa shape index (κ2) is 7.76. The Morgan fingerprint density at radius 3 is 2.72 bits per heavy atom. The van der Waals surface area contributed by atoms with Gasteiger partial charge in [-0.25, -0.2) is 4.39 Å². The summed E-state index contributed by atoms with van der Waals surface area (Å²) in [4.78, 5) is 30.4. The molecule has 1 aromatic heterocycles. The molecule has 2 aliphatic rings. The molecule has 0 radical (unpaired) electrons. The number of carbonyl (C=O) groups excluding carboxylic acids is 2. The van der Waals surface area contributed by atoms with Crippen LogP contribution in [-0.2, 0) is 4.79 Å². The van der Waals surface area contributed by atoms with Crippen LogP contribution in [0.15, 0.2) is 48.7 Å². The number of β-amino-alcohol motifs (C(OH)–C–C–N with tert-alkyl or cyclic N) is 1. The van der Waals surface area contributed by atoms with Crippen molar-refractivity contribution in [2.24, 2.45) is 0 Å². The van der Waals surface area contributed by atoms with Crippen LogP contribution in [0.3, 0.4) is 0 Å². The normalized spacial score (nSPS) is 18.8. The van der Waals surface area contributed by atoms with Crippen LogP contribution >= 0.6 is 0 Å². The van der Waals surface area contributed by atoms with E-state index in [0.717, 1.165) is 0 Å². The molecule has 3 heterocycles. The van der Waals surface area contributed by atoms with E-state index in [9.17, 15) is 19.1 Å². The van der Waals surface area contributed by atoms with Gasteiger partial charge in [-0.2, -0.15) is 0 Å². The molecule has 7 heteroatoms. The molecule has 3 N–H and O–H groups in total. The molecule has 1 saturated heterocycles. The van der Waals surface area contributed by atoms with Crippen molar-refractivity contribution in [2.45, 2.75) is 19.4 Å². The third-order valence-electron chi connectivity index (χ3n) is 6.14. The van der Waals surface area contributed by atoms with E-state index in [1.807, 2.05) is 6.92 Å². The van der Waals surface area contributed by atoms with E-state index in [1.165, 1.54) is 6.07 Å². The molecule has 32 heavy (non-hydrogen) atoms. The van der Waals surface area contributed by atoms with Crippen molar-refractivity contribution in [3.05, 3.63) is 76.9 Å². The first-order chi connectivity index (χ1) is 15.4. The molecule has 5 rings (SSSR count). The number of aliphatic hydroxyl groups excluding tert-OH is 1. The van der Waals surface area contributed by atoms with Crippen LogP contribution < -0.4 is 5.32 Å². The Labute approximate surface area is 184 Å². The number of fused-ring (bicyclic) bond motifs is 1. The number of hydrogen-bond donors (Lipinski definition) is 3. The maximum absolute atomic E-state index is 14.5. The van der Waals surface area contributed by atoms with Gasteiger partial charge in [0.15, 0.2) is 0 Å². The summed E-state index contributed by atoms with van der Waals surface area (Å²) >= 11 is 0. The highest BCUT2D eigenvalue weighted by Gasteiger charge is 2.30. The van der Waals surface area contributed by atoms with E-state index < -0.39 is 6.10 Å². The van der Waals surface area contributed by atoms with Gasteiger partial charge in [-0.1, -0.05) is 30.3 Å². The van der Waals surface area contributed by atoms with Gasteiger partial charge in [0.25, 0.3) is 11.8 Å². The predicted molar refractivity (Wildman–Crippen MR) is 120 cm³/mol. The average Bonchev–Trinajstić information content (AvgIpc) is 3.46. The van der Waals surface area contributed by atoms with E-state index in [0.29, 0.717) is 64.3 Å². The first-order valence-corrected chi connectivity index (χ1v) is 10.5. The Balaban J connectivity index is 1.56. The first-order valence-electron chi connectivity index (χ1n) is 10.5. The van der Waals surface area contributed by atoms with Crippen LogP contribution in [0, 0.1) is 12.7 Å². The molecule has 1 fully saturated rings. The van der Waals surface area contributed by atoms with Crippen LogP contribution in [0.25, 0.3) is 22.8 Å². The number of H-pyrrole nitrogens is 1. The Hall–Kier alpha value is -3.71. The Bertz CT molecular complexity index is 1280. The molecule has 1 atom stereocenters. The molecule has 0 aliphatic carbocycles. The minimum Gasteiger partial charge on any atom is -0.391 e. The lowest BCUT2D eigenvalue weighted by molar-refractivity contribution is -0.110. The Morgan fingerprint density at radius 2 is 1.97 bits per heavy atom. The number of aromatic amines is 1. The fourth-order valence-corrected chi connectivity index (χ4v) is 4.42. The van der Waals surface area contributed by atoms with Crippen molar-refractivity contribution in [1.82, 2.24) is 9.88 Å². The number of benzene rings is 2. The number of nitrogens with one attached hydrogen (secondary N) is 2. The number of likely N-dealkylation sites (tertiary alicyclic amines) is 1. The number of amides is 2. The molecule has 0 bridgehead atoms. The molecule has 2 aliphatic heterocycles. The third-order valence-corrected chi connectivity index (χ3v) is 6.14. The molecule has 6 nitrogen and oxygen atoms in total. The highest BCUT2D eigenvalue weighted by Crippen LogP contribution is 2.41. The average molecular weight is 431 g/mol. The molecule has 2 aromatic carbocycles. The molecular formula is C25H22FN3O3. The van der Waals surface area contributed by atoms with Gasteiger partial charge in [-0.15, -0.1) is 0 Å². The molecule has 0 saturated carbocycles. The topological polar surface area (TPSA) is 85.4 Å². The summed E-state index contributed by atoms with van der Waals surface area (Å²) in [5.41, 5.74) is 4.55. The number of carbonyl (C=O) groups is 2. The highest BCUT2D eigenvalue weighted by molar-refractivity contribution is 6.36. The first kappa shape index (κ1) is 20.2. The maximum atomic E-state index is 14.5. The number of halogens is 1. The van der Waals surface area contributed by atoms with Crippen molar-refractivity contribution >= 4 is 29.2 Å². The Kier molecular flexibility index (Phi) is 4.90. The van der Waals surface area contributed by atoms with E-state index in [4.69, 9.17) is 0 Å². The summed E-state index contributed by atoms with van der Waals surface area (Å²) in [5, 5.41) is 12.6. The van der Waals surface area contributed by atoms with Crippen molar-refractivity contribution in [3.8, 4) is 11.1 Å². The van der Waals surface area contributed by atoms with Gasteiger partial charge in [0, 0.05) is 41.8 Å². The van der Waals surface area contributed by atoms with E-state index in [-0.39, 0.29) is 17.6 Å². The zero-order chi connectivity index (χ0) is 22.4. The van der Waals surface area contributed by atoms with Crippen LogP contribution in [0.5, 0.6) is 0 Å². The second-order valence-electron chi connectivity index (χ2n) is 8.15. The largest absolute Gasteiger partial charge is 0.391 e. The highest BCUT2D eigenvalue weighted by atomic mass is 19.1. The third kappa shape index (κ3) is 3.31. The maximum Gasteiger partial charge on any atom is 0.256 e. The summed E-state index contributed by atoms with van der Waals surface area (Å²) in [6, 6.07) is 11.8. The smallest absolute Gasteiger partial charge is 0.256 e. The van der Waals surface area contributed by atoms with Gasteiger partial charge >= 0.3 is 0 Å². The number of anilines is 1. The summed E-state index contributed by atoms with van der Waals surface area (Å²) in [5.74, 6) is -0.798. The van der Waals surface area contributed by atoms with Crippen molar-refractivity contribution in [3.63, 3.8) is 0 Å². The van der Waals surface area contributed by atoms with Crippen molar-refractivity contribution in [2.75, 3.05) is 18.4 Å². The van der Waals surface area contributed by atoms with Gasteiger partial charge in [0.1, 0.15) is 5.82 Å². The minimum absolute atomic E-state index is 0.150. The summed E-state index contributed by atoms with van der Waals surface area (Å²) in [7, 11) is 0. The lowest BCUT2D eigenvalue weighted by Gasteiger charge is -2.15. The number of hydrogen-bond acceptors (Lipinski definition) is 3. The monoisotopic (exact) mass is 431 g/mol. The van der Waals surface area contributed by atoms with Gasteiger partial charge < -0.3 is 20.3 Å². The Morgan fingerprint density at radius 1 is 1.19 bits per heavy atom. The fourth-order valence-electron chi connectivity index (χ4n) is 4.42. The lowest BCUT2D eigenvalue weighted by Crippen LogP contribution is -2.29. The van der Waals surface area contributed by atoms with E-state index in [1.54, 1.807) is 53.6 Å². The van der Waals surface area contributed by atoms with Crippen LogP contribution in [0.2, 0.25) is 0 Å². The van der Waals surface area contributed by atoms with Crippen LogP contribution in [0.1, 0.15) is 33.6 Å². The van der Waals surface area contributed by atoms with Gasteiger partial charge in [0.2, 0.25) is 0 Å².